The van der Waals surface area contributed by atoms with Crippen molar-refractivity contribution in [3.63, 3.8) is 0 Å². The van der Waals surface area contributed by atoms with Crippen LogP contribution in [0.5, 0.6) is 0 Å². The molecule has 0 radical (unpaired) electrons. The van der Waals surface area contributed by atoms with E-state index in [0.29, 0.717) is 10.7 Å². The van der Waals surface area contributed by atoms with Crippen molar-refractivity contribution in [1.29, 1.82) is 0 Å². The van der Waals surface area contributed by atoms with E-state index in [1.165, 1.54) is 33.8 Å². The third-order valence-corrected chi connectivity index (χ3v) is 7.62. The summed E-state index contributed by atoms with van der Waals surface area (Å²) >= 11 is 3.65. The lowest BCUT2D eigenvalue weighted by Gasteiger charge is -2.49. The maximum Gasteiger partial charge on any atom is 0.353 e. The van der Waals surface area contributed by atoms with Gasteiger partial charge < -0.3 is 21.4 Å². The zero-order valence-corrected chi connectivity index (χ0v) is 17.9. The summed E-state index contributed by atoms with van der Waals surface area (Å²) in [5.74, 6) is -2.26. The molecule has 4 rings (SSSR count). The third-order valence-electron chi connectivity index (χ3n) is 4.39. The van der Waals surface area contributed by atoms with Gasteiger partial charge in [-0.15, -0.1) is 23.1 Å². The van der Waals surface area contributed by atoms with Gasteiger partial charge in [0.2, 0.25) is 0 Å². The highest BCUT2D eigenvalue weighted by Gasteiger charge is 2.54. The number of amides is 2. The quantitative estimate of drug-likeness (QED) is 0.201. The summed E-state index contributed by atoms with van der Waals surface area (Å²) in [5, 5.41) is 25.4. The van der Waals surface area contributed by atoms with Crippen molar-refractivity contribution in [1.82, 2.24) is 20.2 Å². The van der Waals surface area contributed by atoms with Crippen molar-refractivity contribution in [3.8, 4) is 0 Å². The maximum atomic E-state index is 12.7. The van der Waals surface area contributed by atoms with Crippen LogP contribution in [-0.2, 0) is 14.4 Å². The van der Waals surface area contributed by atoms with Gasteiger partial charge in [0.05, 0.1) is 0 Å². The Hall–Kier alpha value is -3.10. The monoisotopic (exact) mass is 478 g/mol. The Balaban J connectivity index is 1.52. The first-order valence-corrected chi connectivity index (χ1v) is 11.4. The summed E-state index contributed by atoms with van der Waals surface area (Å²) in [7, 11) is 0. The SMILES string of the molecule is Nc1nc(/C(=N/O)C(=O)N[C@@H]2C(=O)N3C(C(=O)O)=C(Sc4ccncc4)CS[C@H]23)cs1. The molecule has 2 aliphatic heterocycles. The molecule has 0 aliphatic carbocycles. The molecule has 0 saturated carbocycles. The fraction of sp³-hybridized carbons (Fsp3) is 0.176. The van der Waals surface area contributed by atoms with E-state index >= 15 is 0 Å². The number of aromatic nitrogens is 2. The molecular formula is C17H14N6O5S3. The number of carboxylic acid groups (broad SMARTS) is 1. The van der Waals surface area contributed by atoms with E-state index in [1.54, 1.807) is 24.5 Å². The number of aliphatic carboxylic acids is 1. The molecule has 2 amide bonds. The average Bonchev–Trinajstić information content (AvgIpc) is 3.18. The van der Waals surface area contributed by atoms with E-state index in [9.17, 15) is 24.7 Å². The number of hydrogen-bond acceptors (Lipinski definition) is 11. The lowest BCUT2D eigenvalue weighted by Crippen LogP contribution is -2.71. The van der Waals surface area contributed by atoms with Crippen molar-refractivity contribution < 1.29 is 24.7 Å². The number of carbonyl (C=O) groups is 3. The Morgan fingerprint density at radius 1 is 1.35 bits per heavy atom. The normalized spacial score (nSPS) is 20.8. The summed E-state index contributed by atoms with van der Waals surface area (Å²) in [5.41, 5.74) is 5.12. The van der Waals surface area contributed by atoms with Gasteiger partial charge in [-0.25, -0.2) is 9.78 Å². The minimum Gasteiger partial charge on any atom is -0.477 e. The molecule has 2 aromatic heterocycles. The number of β-lactam (4-membered cyclic amide) rings is 1. The molecule has 14 heteroatoms. The molecule has 2 atom stereocenters. The van der Waals surface area contributed by atoms with Crippen LogP contribution in [-0.4, -0.2) is 65.8 Å². The number of pyridine rings is 1. The van der Waals surface area contributed by atoms with Crippen LogP contribution in [0.2, 0.25) is 0 Å². The smallest absolute Gasteiger partial charge is 0.353 e. The number of carbonyl (C=O) groups excluding carboxylic acids is 2. The van der Waals surface area contributed by atoms with Crippen LogP contribution in [0.15, 0.2) is 50.6 Å². The number of nitrogens with one attached hydrogen (secondary N) is 1. The third kappa shape index (κ3) is 3.96. The molecule has 0 spiro atoms. The van der Waals surface area contributed by atoms with E-state index in [1.807, 2.05) is 0 Å². The molecule has 31 heavy (non-hydrogen) atoms. The number of nitrogens with two attached hydrogens (primary N) is 1. The van der Waals surface area contributed by atoms with Crippen LogP contribution in [0.3, 0.4) is 0 Å². The Morgan fingerprint density at radius 3 is 2.71 bits per heavy atom. The van der Waals surface area contributed by atoms with Crippen LogP contribution >= 0.6 is 34.9 Å². The zero-order chi connectivity index (χ0) is 22.1. The predicted octanol–water partition coefficient (Wildman–Crippen LogP) is 0.787. The number of hydrogen-bond donors (Lipinski definition) is 4. The molecule has 5 N–H and O–H groups in total. The van der Waals surface area contributed by atoms with Crippen molar-refractivity contribution in [3.05, 3.63) is 46.2 Å². The van der Waals surface area contributed by atoms with Crippen molar-refractivity contribution in [2.45, 2.75) is 16.3 Å². The fourth-order valence-corrected chi connectivity index (χ4v) is 6.04. The van der Waals surface area contributed by atoms with Gasteiger partial charge in [-0.3, -0.25) is 19.5 Å². The van der Waals surface area contributed by atoms with E-state index in [4.69, 9.17) is 5.73 Å². The number of oxime groups is 1. The van der Waals surface area contributed by atoms with Gasteiger partial charge in [-0.05, 0) is 12.1 Å². The van der Waals surface area contributed by atoms with Gasteiger partial charge >= 0.3 is 5.97 Å². The highest BCUT2D eigenvalue weighted by Crippen LogP contribution is 2.45. The van der Waals surface area contributed by atoms with Gasteiger partial charge in [0.1, 0.15) is 22.8 Å². The standard InChI is InChI=1S/C17H14N6O5S3/c18-17-20-8(5-30-17)10(22-28)13(24)21-11-14(25)23-12(16(26)27)9(6-29-15(11)23)31-7-1-3-19-4-2-7/h1-5,11,15,28H,6H2,(H2,18,20)(H,21,24)(H,26,27)/b22-10-/t11-,15-/m1/s1. The Kier molecular flexibility index (Phi) is 5.84. The van der Waals surface area contributed by atoms with Crippen LogP contribution in [0, 0.1) is 0 Å². The Labute approximate surface area is 187 Å². The second-order valence-electron chi connectivity index (χ2n) is 6.24. The van der Waals surface area contributed by atoms with Gasteiger partial charge in [0, 0.05) is 33.3 Å². The number of carboxylic acids is 1. The van der Waals surface area contributed by atoms with E-state index in [-0.39, 0.29) is 22.2 Å². The molecule has 2 aromatic rings. The molecule has 160 valence electrons. The maximum absolute atomic E-state index is 12.7. The topological polar surface area (TPSA) is 171 Å². The van der Waals surface area contributed by atoms with Crippen LogP contribution < -0.4 is 11.1 Å². The van der Waals surface area contributed by atoms with Crippen molar-refractivity contribution >= 4 is 63.5 Å². The molecule has 0 aromatic carbocycles. The molecular weight excluding hydrogens is 464 g/mol. The van der Waals surface area contributed by atoms with Crippen LogP contribution in [0.25, 0.3) is 0 Å². The van der Waals surface area contributed by atoms with Gasteiger partial charge in [0.15, 0.2) is 10.8 Å². The fourth-order valence-electron chi connectivity index (χ4n) is 3.04. The predicted molar refractivity (Wildman–Crippen MR) is 115 cm³/mol. The first kappa shape index (κ1) is 21.1. The largest absolute Gasteiger partial charge is 0.477 e. The van der Waals surface area contributed by atoms with E-state index in [2.05, 4.69) is 20.4 Å². The number of thioether (sulfide) groups is 2. The molecule has 0 bridgehead atoms. The number of anilines is 1. The second-order valence-corrected chi connectivity index (χ2v) is 9.41. The van der Waals surface area contributed by atoms with E-state index in [0.717, 1.165) is 16.2 Å². The van der Waals surface area contributed by atoms with Crippen molar-refractivity contribution in [2.75, 3.05) is 11.5 Å². The second kappa shape index (κ2) is 8.56. The lowest BCUT2D eigenvalue weighted by atomic mass is 10.0. The highest BCUT2D eigenvalue weighted by molar-refractivity contribution is 8.06. The van der Waals surface area contributed by atoms with Gasteiger partial charge in [-0.2, -0.15) is 0 Å². The van der Waals surface area contributed by atoms with E-state index < -0.39 is 29.2 Å². The molecule has 4 heterocycles. The number of nitrogens with zero attached hydrogens (tertiary/aromatic N) is 4. The first-order valence-electron chi connectivity index (χ1n) is 8.64. The Morgan fingerprint density at radius 2 is 2.10 bits per heavy atom. The number of thiazole rings is 1. The average molecular weight is 479 g/mol. The summed E-state index contributed by atoms with van der Waals surface area (Å²) in [6.45, 7) is 0. The summed E-state index contributed by atoms with van der Waals surface area (Å²) < 4.78 is 0. The summed E-state index contributed by atoms with van der Waals surface area (Å²) in [4.78, 5) is 47.5. The minimum absolute atomic E-state index is 0.0737. The molecule has 11 nitrogen and oxygen atoms in total. The van der Waals surface area contributed by atoms with Crippen LogP contribution in [0.1, 0.15) is 5.69 Å². The molecule has 0 unspecified atom stereocenters. The van der Waals surface area contributed by atoms with Crippen LogP contribution in [0.4, 0.5) is 5.13 Å². The lowest BCUT2D eigenvalue weighted by molar-refractivity contribution is -0.150. The molecule has 2 aliphatic rings. The minimum atomic E-state index is -1.23. The van der Waals surface area contributed by atoms with Crippen molar-refractivity contribution in [2.24, 2.45) is 5.16 Å². The number of rotatable bonds is 6. The van der Waals surface area contributed by atoms with Gasteiger partial charge in [-0.1, -0.05) is 16.9 Å². The van der Waals surface area contributed by atoms with Gasteiger partial charge in [0.25, 0.3) is 11.8 Å². The first-order chi connectivity index (χ1) is 14.9. The summed E-state index contributed by atoms with van der Waals surface area (Å²) in [6, 6.07) is 2.53. The number of fused-ring (bicyclic) bond motifs is 1. The zero-order valence-electron chi connectivity index (χ0n) is 15.5. The Bertz CT molecular complexity index is 1120. The molecule has 1 fully saturated rings. The summed E-state index contributed by atoms with van der Waals surface area (Å²) in [6.07, 6.45) is 3.19. The highest BCUT2D eigenvalue weighted by atomic mass is 32.2. The number of nitrogen functional groups attached to an aromatic ring is 1. The molecule has 1 saturated heterocycles.